The molecule has 6 nitrogen and oxygen atoms in total. The lowest BCUT2D eigenvalue weighted by Crippen LogP contribution is -2.77. The van der Waals surface area contributed by atoms with Gasteiger partial charge in [0.1, 0.15) is 29.5 Å². The molecule has 4 aliphatic rings. The Morgan fingerprint density at radius 3 is 2.54 bits per heavy atom. The molecular weight excluding hydrogens is 336 g/mol. The van der Waals surface area contributed by atoms with Crippen LogP contribution in [0.2, 0.25) is 0 Å². The van der Waals surface area contributed by atoms with Gasteiger partial charge in [-0.3, -0.25) is 0 Å². The highest BCUT2D eigenvalue weighted by atomic mass is 16.5. The maximum Gasteiger partial charge on any atom is 0.334 e. The molecule has 144 valence electrons. The van der Waals surface area contributed by atoms with Gasteiger partial charge in [-0.2, -0.15) is 0 Å². The number of ether oxygens (including phenoxy) is 1. The molecule has 4 N–H and O–H groups in total. The standard InChI is InChI=1S/C20H28O6/c1-11(2)18(23)8-9-20(25)17(3)6-4-12-10-26-15(21)14(12)13(17)5-7-19(20,24)16(18)22/h8-9,11,13,16,22-25H,4-7,10H2,1-3H3/t13?,16-,17+,18+,19-,20-/m1/s1. The van der Waals surface area contributed by atoms with Crippen LogP contribution in [0.1, 0.15) is 46.5 Å². The third-order valence-corrected chi connectivity index (χ3v) is 7.79. The van der Waals surface area contributed by atoms with Gasteiger partial charge in [0.2, 0.25) is 0 Å². The molecule has 26 heavy (non-hydrogen) atoms. The van der Waals surface area contributed by atoms with Crippen LogP contribution in [-0.4, -0.2) is 55.9 Å². The lowest BCUT2D eigenvalue weighted by Gasteiger charge is -2.65. The van der Waals surface area contributed by atoms with Crippen molar-refractivity contribution in [2.45, 2.75) is 69.4 Å². The zero-order chi connectivity index (χ0) is 19.1. The fraction of sp³-hybridized carbons (Fsp3) is 0.750. The molecule has 1 unspecified atom stereocenters. The van der Waals surface area contributed by atoms with E-state index in [1.807, 2.05) is 6.92 Å². The molecule has 0 aromatic heterocycles. The van der Waals surface area contributed by atoms with Gasteiger partial charge in [-0.1, -0.05) is 32.9 Å². The molecule has 6 atom stereocenters. The van der Waals surface area contributed by atoms with E-state index >= 15 is 0 Å². The predicted molar refractivity (Wildman–Crippen MR) is 92.9 cm³/mol. The Bertz CT molecular complexity index is 726. The molecule has 4 rings (SSSR count). The van der Waals surface area contributed by atoms with Crippen molar-refractivity contribution >= 4 is 5.97 Å². The van der Waals surface area contributed by atoms with Crippen molar-refractivity contribution in [3.8, 4) is 0 Å². The van der Waals surface area contributed by atoms with Crippen LogP contribution >= 0.6 is 0 Å². The normalized spacial score (nSPS) is 50.4. The Kier molecular flexibility index (Phi) is 3.63. The van der Waals surface area contributed by atoms with E-state index in [2.05, 4.69) is 0 Å². The maximum absolute atomic E-state index is 12.3. The van der Waals surface area contributed by atoms with Gasteiger partial charge in [0.25, 0.3) is 0 Å². The number of esters is 1. The highest BCUT2D eigenvalue weighted by Gasteiger charge is 2.72. The lowest BCUT2D eigenvalue weighted by molar-refractivity contribution is -0.294. The van der Waals surface area contributed by atoms with Crippen LogP contribution in [0.5, 0.6) is 0 Å². The van der Waals surface area contributed by atoms with Crippen molar-refractivity contribution in [3.05, 3.63) is 23.3 Å². The second-order valence-corrected chi connectivity index (χ2v) is 9.07. The Morgan fingerprint density at radius 1 is 1.19 bits per heavy atom. The van der Waals surface area contributed by atoms with Gasteiger partial charge >= 0.3 is 5.97 Å². The molecule has 6 heteroatoms. The first-order valence-corrected chi connectivity index (χ1v) is 9.46. The minimum atomic E-state index is -1.88. The first-order valence-electron chi connectivity index (χ1n) is 9.46. The Morgan fingerprint density at radius 2 is 1.88 bits per heavy atom. The molecular formula is C20H28O6. The van der Waals surface area contributed by atoms with Gasteiger partial charge in [-0.05, 0) is 43.1 Å². The Labute approximate surface area is 153 Å². The molecule has 0 radical (unpaired) electrons. The van der Waals surface area contributed by atoms with E-state index in [1.165, 1.54) is 12.2 Å². The summed E-state index contributed by atoms with van der Waals surface area (Å²) in [4.78, 5) is 12.3. The molecule has 1 saturated carbocycles. The van der Waals surface area contributed by atoms with Crippen molar-refractivity contribution in [1.29, 1.82) is 0 Å². The monoisotopic (exact) mass is 364 g/mol. The van der Waals surface area contributed by atoms with Crippen LogP contribution in [-0.2, 0) is 9.53 Å². The topological polar surface area (TPSA) is 107 Å². The smallest absolute Gasteiger partial charge is 0.334 e. The summed E-state index contributed by atoms with van der Waals surface area (Å²) < 4.78 is 5.21. The first kappa shape index (κ1) is 18.2. The minimum Gasteiger partial charge on any atom is -0.458 e. The third-order valence-electron chi connectivity index (χ3n) is 7.79. The van der Waals surface area contributed by atoms with E-state index in [0.717, 1.165) is 5.57 Å². The SMILES string of the molecule is CC(C)[C@@]1(O)C=C[C@@]2(O)[C@@]3(C)CCC4=C(C(=O)OC4)C3CC[C@@]2(O)[C@@H]1O. The zero-order valence-electron chi connectivity index (χ0n) is 15.5. The first-order chi connectivity index (χ1) is 12.0. The number of carbonyl (C=O) groups is 1. The summed E-state index contributed by atoms with van der Waals surface area (Å²) in [5.41, 5.74) is -4.45. The fourth-order valence-electron chi connectivity index (χ4n) is 5.84. The van der Waals surface area contributed by atoms with E-state index in [-0.39, 0.29) is 24.2 Å². The van der Waals surface area contributed by atoms with E-state index in [4.69, 9.17) is 4.74 Å². The largest absolute Gasteiger partial charge is 0.458 e. The highest BCUT2D eigenvalue weighted by molar-refractivity contribution is 5.93. The van der Waals surface area contributed by atoms with Crippen molar-refractivity contribution in [2.75, 3.05) is 6.61 Å². The number of rotatable bonds is 1. The summed E-state index contributed by atoms with van der Waals surface area (Å²) in [5.74, 6) is -0.907. The van der Waals surface area contributed by atoms with Crippen LogP contribution in [0.25, 0.3) is 0 Å². The van der Waals surface area contributed by atoms with E-state index in [1.54, 1.807) is 13.8 Å². The fourth-order valence-corrected chi connectivity index (χ4v) is 5.84. The summed E-state index contributed by atoms with van der Waals surface area (Å²) in [6.07, 6.45) is 3.11. The van der Waals surface area contributed by atoms with Crippen LogP contribution in [0.4, 0.5) is 0 Å². The summed E-state index contributed by atoms with van der Waals surface area (Å²) in [5, 5.41) is 45.0. The molecule has 0 bridgehead atoms. The molecule has 0 aromatic carbocycles. The second-order valence-electron chi connectivity index (χ2n) is 9.07. The quantitative estimate of drug-likeness (QED) is 0.406. The number of aliphatic hydroxyl groups is 4. The van der Waals surface area contributed by atoms with Crippen molar-refractivity contribution in [2.24, 2.45) is 17.3 Å². The summed E-state index contributed by atoms with van der Waals surface area (Å²) in [7, 11) is 0. The van der Waals surface area contributed by atoms with Crippen molar-refractivity contribution < 1.29 is 30.0 Å². The van der Waals surface area contributed by atoms with Crippen LogP contribution in [0.15, 0.2) is 23.3 Å². The van der Waals surface area contributed by atoms with E-state index in [0.29, 0.717) is 31.4 Å². The summed E-state index contributed by atoms with van der Waals surface area (Å²) in [6, 6.07) is 0. The predicted octanol–water partition coefficient (Wildman–Crippen LogP) is 0.830. The summed E-state index contributed by atoms with van der Waals surface area (Å²) in [6.45, 7) is 5.71. The summed E-state index contributed by atoms with van der Waals surface area (Å²) >= 11 is 0. The molecule has 0 saturated heterocycles. The van der Waals surface area contributed by atoms with Gasteiger partial charge in [-0.25, -0.2) is 4.79 Å². The number of hydrogen-bond donors (Lipinski definition) is 4. The van der Waals surface area contributed by atoms with Crippen molar-refractivity contribution in [1.82, 2.24) is 0 Å². The molecule has 1 heterocycles. The molecule has 1 aliphatic heterocycles. The van der Waals surface area contributed by atoms with Gasteiger partial charge in [0, 0.05) is 11.0 Å². The average Bonchev–Trinajstić information content (AvgIpc) is 2.96. The third kappa shape index (κ3) is 1.84. The highest BCUT2D eigenvalue weighted by Crippen LogP contribution is 2.64. The van der Waals surface area contributed by atoms with Crippen LogP contribution in [0.3, 0.4) is 0 Å². The molecule has 0 aromatic rings. The molecule has 0 spiro atoms. The Hall–Kier alpha value is -1.21. The number of hydrogen-bond acceptors (Lipinski definition) is 6. The number of fused-ring (bicyclic) bond motifs is 4. The van der Waals surface area contributed by atoms with E-state index in [9.17, 15) is 25.2 Å². The molecule has 1 fully saturated rings. The molecule has 3 aliphatic carbocycles. The van der Waals surface area contributed by atoms with Gasteiger partial charge < -0.3 is 25.2 Å². The Balaban J connectivity index is 1.86. The zero-order valence-corrected chi connectivity index (χ0v) is 15.5. The number of aliphatic hydroxyl groups excluding tert-OH is 1. The maximum atomic E-state index is 12.3. The van der Waals surface area contributed by atoms with Crippen LogP contribution < -0.4 is 0 Å². The van der Waals surface area contributed by atoms with Gasteiger partial charge in [0.15, 0.2) is 0 Å². The average molecular weight is 364 g/mol. The lowest BCUT2D eigenvalue weighted by atomic mass is 9.44. The molecule has 0 amide bonds. The minimum absolute atomic E-state index is 0.0916. The van der Waals surface area contributed by atoms with Gasteiger partial charge in [0.05, 0.1) is 0 Å². The number of carbonyl (C=O) groups excluding carboxylic acids is 1. The van der Waals surface area contributed by atoms with Crippen LogP contribution in [0, 0.1) is 17.3 Å². The number of cyclic esters (lactones) is 1. The second kappa shape index (κ2) is 5.19. The van der Waals surface area contributed by atoms with Crippen molar-refractivity contribution in [3.63, 3.8) is 0 Å². The van der Waals surface area contributed by atoms with E-state index < -0.39 is 28.3 Å². The van der Waals surface area contributed by atoms with Gasteiger partial charge in [-0.15, -0.1) is 0 Å².